The zero-order valence-electron chi connectivity index (χ0n) is 12.6. The van der Waals surface area contributed by atoms with Gasteiger partial charge in [-0.2, -0.15) is 4.31 Å². The second-order valence-electron chi connectivity index (χ2n) is 4.84. The van der Waals surface area contributed by atoms with Gasteiger partial charge in [-0.15, -0.1) is 0 Å². The van der Waals surface area contributed by atoms with E-state index >= 15 is 0 Å². The molecule has 1 heterocycles. The number of nitrogens with one attached hydrogen (secondary N) is 2. The van der Waals surface area contributed by atoms with Crippen LogP contribution in [0.3, 0.4) is 0 Å². The van der Waals surface area contributed by atoms with E-state index in [1.165, 1.54) is 16.6 Å². The molecule has 0 fully saturated rings. The molecule has 0 aliphatic carbocycles. The van der Waals surface area contributed by atoms with E-state index in [0.717, 1.165) is 0 Å². The summed E-state index contributed by atoms with van der Waals surface area (Å²) in [5.41, 5.74) is 0.186. The standard InChI is InChI=1S/C13H23N3O4S/c1-4-16(5-2)21(19,20)11-6-12(14-8-11)13(18)15-7-10(3)9-17/h6,8,10,14,17H,4-5,7,9H2,1-3H3,(H,15,18). The quantitative estimate of drug-likeness (QED) is 0.646. The molecule has 0 spiro atoms. The first-order valence-electron chi connectivity index (χ1n) is 6.94. The summed E-state index contributed by atoms with van der Waals surface area (Å²) < 4.78 is 25.9. The number of carbonyl (C=O) groups is 1. The van der Waals surface area contributed by atoms with Crippen molar-refractivity contribution in [1.82, 2.24) is 14.6 Å². The van der Waals surface area contributed by atoms with Gasteiger partial charge in [-0.05, 0) is 12.0 Å². The highest BCUT2D eigenvalue weighted by Gasteiger charge is 2.24. The van der Waals surface area contributed by atoms with E-state index in [-0.39, 0.29) is 23.1 Å². The van der Waals surface area contributed by atoms with Crippen LogP contribution >= 0.6 is 0 Å². The Morgan fingerprint density at radius 3 is 2.57 bits per heavy atom. The van der Waals surface area contributed by atoms with Crippen LogP contribution in [0.2, 0.25) is 0 Å². The number of hydrogen-bond acceptors (Lipinski definition) is 4. The van der Waals surface area contributed by atoms with Crippen LogP contribution in [0, 0.1) is 5.92 Å². The maximum absolute atomic E-state index is 12.3. The smallest absolute Gasteiger partial charge is 0.267 e. The predicted molar refractivity (Wildman–Crippen MR) is 79.5 cm³/mol. The molecule has 1 rings (SSSR count). The largest absolute Gasteiger partial charge is 0.396 e. The van der Waals surface area contributed by atoms with Crippen molar-refractivity contribution < 1.29 is 18.3 Å². The minimum Gasteiger partial charge on any atom is -0.396 e. The fraction of sp³-hybridized carbons (Fsp3) is 0.615. The van der Waals surface area contributed by atoms with Gasteiger partial charge in [0.15, 0.2) is 0 Å². The molecular weight excluding hydrogens is 294 g/mol. The van der Waals surface area contributed by atoms with Gasteiger partial charge in [0.05, 0.1) is 0 Å². The maximum Gasteiger partial charge on any atom is 0.267 e. The average Bonchev–Trinajstić information content (AvgIpc) is 2.96. The lowest BCUT2D eigenvalue weighted by Crippen LogP contribution is -2.30. The molecule has 0 radical (unpaired) electrons. The first kappa shape index (κ1) is 17.7. The van der Waals surface area contributed by atoms with Gasteiger partial charge in [-0.3, -0.25) is 4.79 Å². The molecule has 1 atom stereocenters. The second-order valence-corrected chi connectivity index (χ2v) is 6.77. The van der Waals surface area contributed by atoms with Crippen molar-refractivity contribution in [2.24, 2.45) is 5.92 Å². The van der Waals surface area contributed by atoms with E-state index < -0.39 is 15.9 Å². The molecule has 7 nitrogen and oxygen atoms in total. The van der Waals surface area contributed by atoms with E-state index in [4.69, 9.17) is 5.11 Å². The van der Waals surface area contributed by atoms with Crippen molar-refractivity contribution >= 4 is 15.9 Å². The van der Waals surface area contributed by atoms with E-state index in [1.54, 1.807) is 20.8 Å². The van der Waals surface area contributed by atoms with Crippen molar-refractivity contribution in [3.05, 3.63) is 18.0 Å². The van der Waals surface area contributed by atoms with Crippen LogP contribution in [0.1, 0.15) is 31.3 Å². The van der Waals surface area contributed by atoms with Gasteiger partial charge in [-0.25, -0.2) is 8.42 Å². The number of rotatable bonds is 8. The third-order valence-electron chi connectivity index (χ3n) is 3.17. The number of H-pyrrole nitrogens is 1. The minimum atomic E-state index is -3.57. The summed E-state index contributed by atoms with van der Waals surface area (Å²) in [6, 6.07) is 1.33. The molecule has 0 saturated carbocycles. The third kappa shape index (κ3) is 4.29. The highest BCUT2D eigenvalue weighted by Crippen LogP contribution is 2.16. The zero-order chi connectivity index (χ0) is 16.0. The summed E-state index contributed by atoms with van der Waals surface area (Å²) in [5.74, 6) is -0.445. The molecule has 120 valence electrons. The molecule has 1 amide bonds. The Hall–Kier alpha value is -1.38. The summed E-state index contributed by atoms with van der Waals surface area (Å²) in [6.07, 6.45) is 1.32. The normalized spacial score (nSPS) is 13.4. The number of sulfonamides is 1. The fourth-order valence-corrected chi connectivity index (χ4v) is 3.25. The first-order valence-corrected chi connectivity index (χ1v) is 8.38. The van der Waals surface area contributed by atoms with Crippen LogP contribution in [-0.4, -0.2) is 55.0 Å². The van der Waals surface area contributed by atoms with Crippen LogP contribution < -0.4 is 5.32 Å². The first-order chi connectivity index (χ1) is 9.86. The molecule has 0 aliphatic rings. The molecule has 21 heavy (non-hydrogen) atoms. The van der Waals surface area contributed by atoms with Gasteiger partial charge in [0.1, 0.15) is 10.6 Å². The van der Waals surface area contributed by atoms with Crippen LogP contribution in [-0.2, 0) is 10.0 Å². The second kappa shape index (κ2) is 7.58. The number of hydrogen-bond donors (Lipinski definition) is 3. The van der Waals surface area contributed by atoms with E-state index in [2.05, 4.69) is 10.3 Å². The summed E-state index contributed by atoms with van der Waals surface area (Å²) in [4.78, 5) is 14.6. The Bertz CT molecular complexity index is 564. The maximum atomic E-state index is 12.3. The van der Waals surface area contributed by atoms with E-state index in [9.17, 15) is 13.2 Å². The molecule has 1 aromatic heterocycles. The Balaban J connectivity index is 2.84. The molecule has 3 N–H and O–H groups in total. The molecule has 1 aromatic rings. The van der Waals surface area contributed by atoms with Crippen LogP contribution in [0.15, 0.2) is 17.2 Å². The van der Waals surface area contributed by atoms with Gasteiger partial charge in [0, 0.05) is 32.4 Å². The van der Waals surface area contributed by atoms with Crippen molar-refractivity contribution in [2.75, 3.05) is 26.2 Å². The van der Waals surface area contributed by atoms with Crippen molar-refractivity contribution in [2.45, 2.75) is 25.7 Å². The van der Waals surface area contributed by atoms with Gasteiger partial charge in [0.2, 0.25) is 10.0 Å². The number of amides is 1. The van der Waals surface area contributed by atoms with Crippen molar-refractivity contribution in [3.8, 4) is 0 Å². The number of aliphatic hydroxyl groups is 1. The van der Waals surface area contributed by atoms with Crippen molar-refractivity contribution in [1.29, 1.82) is 0 Å². The van der Waals surface area contributed by atoms with E-state index in [0.29, 0.717) is 19.6 Å². The summed E-state index contributed by atoms with van der Waals surface area (Å²) >= 11 is 0. The topological polar surface area (TPSA) is 103 Å². The number of aliphatic hydroxyl groups excluding tert-OH is 1. The molecule has 8 heteroatoms. The highest BCUT2D eigenvalue weighted by molar-refractivity contribution is 7.89. The van der Waals surface area contributed by atoms with Crippen LogP contribution in [0.4, 0.5) is 0 Å². The van der Waals surface area contributed by atoms with Crippen LogP contribution in [0.5, 0.6) is 0 Å². The SMILES string of the molecule is CCN(CC)S(=O)(=O)c1c[nH]c(C(=O)NCC(C)CO)c1. The molecular formula is C13H23N3O4S. The molecule has 0 aromatic carbocycles. The molecule has 0 aliphatic heterocycles. The number of aromatic amines is 1. The van der Waals surface area contributed by atoms with Gasteiger partial charge in [0.25, 0.3) is 5.91 Å². The Kier molecular flexibility index (Phi) is 6.38. The highest BCUT2D eigenvalue weighted by atomic mass is 32.2. The number of aromatic nitrogens is 1. The monoisotopic (exact) mass is 317 g/mol. The van der Waals surface area contributed by atoms with Gasteiger partial charge >= 0.3 is 0 Å². The molecule has 1 unspecified atom stereocenters. The van der Waals surface area contributed by atoms with Gasteiger partial charge < -0.3 is 15.4 Å². The lowest BCUT2D eigenvalue weighted by Gasteiger charge is -2.16. The minimum absolute atomic E-state index is 0.0212. The molecule has 0 bridgehead atoms. The lowest BCUT2D eigenvalue weighted by molar-refractivity contribution is 0.0938. The van der Waals surface area contributed by atoms with E-state index in [1.807, 2.05) is 0 Å². The predicted octanol–water partition coefficient (Wildman–Crippen LogP) is 0.403. The van der Waals surface area contributed by atoms with Crippen LogP contribution in [0.25, 0.3) is 0 Å². The lowest BCUT2D eigenvalue weighted by atomic mass is 10.2. The Labute approximate surface area is 125 Å². The molecule has 0 saturated heterocycles. The fourth-order valence-electron chi connectivity index (χ4n) is 1.79. The summed E-state index contributed by atoms with van der Waals surface area (Å²) in [5, 5.41) is 11.5. The average molecular weight is 317 g/mol. The van der Waals surface area contributed by atoms with Crippen molar-refractivity contribution in [3.63, 3.8) is 0 Å². The zero-order valence-corrected chi connectivity index (χ0v) is 13.4. The third-order valence-corrected chi connectivity index (χ3v) is 5.19. The summed E-state index contributed by atoms with van der Waals surface area (Å²) in [6.45, 7) is 6.37. The Morgan fingerprint density at radius 2 is 2.05 bits per heavy atom. The van der Waals surface area contributed by atoms with Gasteiger partial charge in [-0.1, -0.05) is 20.8 Å². The number of carbonyl (C=O) groups excluding carboxylic acids is 1. The Morgan fingerprint density at radius 1 is 1.43 bits per heavy atom. The summed E-state index contributed by atoms with van der Waals surface area (Å²) in [7, 11) is -3.57. The number of nitrogens with zero attached hydrogens (tertiary/aromatic N) is 1.